The van der Waals surface area contributed by atoms with Crippen molar-refractivity contribution in [3.63, 3.8) is 0 Å². The first kappa shape index (κ1) is 11.5. The molecule has 14 heavy (non-hydrogen) atoms. The van der Waals surface area contributed by atoms with Gasteiger partial charge in [0.2, 0.25) is 0 Å². The van der Waals surface area contributed by atoms with E-state index < -0.39 is 0 Å². The third-order valence-electron chi connectivity index (χ3n) is 3.27. The predicted molar refractivity (Wildman–Crippen MR) is 55.7 cm³/mol. The van der Waals surface area contributed by atoms with Gasteiger partial charge in [-0.3, -0.25) is 4.90 Å². The van der Waals surface area contributed by atoms with E-state index in [0.717, 1.165) is 0 Å². The van der Waals surface area contributed by atoms with Gasteiger partial charge in [0.15, 0.2) is 0 Å². The summed E-state index contributed by atoms with van der Waals surface area (Å²) >= 11 is 0. The molecular formula is C11H20N2O. The van der Waals surface area contributed by atoms with Gasteiger partial charge in [0.25, 0.3) is 0 Å². The third kappa shape index (κ3) is 2.70. The van der Waals surface area contributed by atoms with Crippen molar-refractivity contribution in [1.82, 2.24) is 4.90 Å². The second-order valence-corrected chi connectivity index (χ2v) is 4.25. The van der Waals surface area contributed by atoms with Crippen LogP contribution in [0.25, 0.3) is 0 Å². The van der Waals surface area contributed by atoms with Gasteiger partial charge in [0.1, 0.15) is 0 Å². The molecule has 0 aromatic carbocycles. The van der Waals surface area contributed by atoms with E-state index in [2.05, 4.69) is 11.0 Å². The summed E-state index contributed by atoms with van der Waals surface area (Å²) < 4.78 is 0. The number of hydrogen-bond donors (Lipinski definition) is 1. The first-order valence-electron chi connectivity index (χ1n) is 5.47. The van der Waals surface area contributed by atoms with Gasteiger partial charge in [-0.15, -0.1) is 0 Å². The van der Waals surface area contributed by atoms with Crippen molar-refractivity contribution in [1.29, 1.82) is 5.26 Å². The molecule has 0 radical (unpaired) electrons. The van der Waals surface area contributed by atoms with Crippen LogP contribution in [0.15, 0.2) is 0 Å². The van der Waals surface area contributed by atoms with E-state index in [9.17, 15) is 5.11 Å². The Morgan fingerprint density at radius 2 is 2.00 bits per heavy atom. The first-order chi connectivity index (χ1) is 6.66. The Morgan fingerprint density at radius 3 is 2.43 bits per heavy atom. The molecule has 2 atom stereocenters. The molecule has 1 aliphatic carbocycles. The summed E-state index contributed by atoms with van der Waals surface area (Å²) in [6.07, 6.45) is 4.53. The lowest BCUT2D eigenvalue weighted by molar-refractivity contribution is 0.0534. The molecule has 0 heterocycles. The highest BCUT2D eigenvalue weighted by molar-refractivity contribution is 4.88. The molecule has 2 unspecified atom stereocenters. The van der Waals surface area contributed by atoms with Crippen molar-refractivity contribution in [2.75, 3.05) is 6.54 Å². The molecule has 1 fully saturated rings. The zero-order chi connectivity index (χ0) is 10.6. The van der Waals surface area contributed by atoms with Crippen LogP contribution < -0.4 is 0 Å². The average molecular weight is 196 g/mol. The minimum atomic E-state index is -0.357. The van der Waals surface area contributed by atoms with Crippen LogP contribution in [-0.2, 0) is 0 Å². The number of rotatable bonds is 4. The molecule has 0 saturated heterocycles. The minimum absolute atomic E-state index is 0.0951. The molecule has 80 valence electrons. The topological polar surface area (TPSA) is 47.3 Å². The Bertz CT molecular complexity index is 202. The van der Waals surface area contributed by atoms with Gasteiger partial charge in [0.05, 0.1) is 18.7 Å². The number of aliphatic hydroxyl groups is 1. The fourth-order valence-corrected chi connectivity index (χ4v) is 2.20. The Hall–Kier alpha value is -0.590. The van der Waals surface area contributed by atoms with Crippen molar-refractivity contribution < 1.29 is 5.11 Å². The zero-order valence-electron chi connectivity index (χ0n) is 9.11. The van der Waals surface area contributed by atoms with Crippen LogP contribution in [0.5, 0.6) is 0 Å². The largest absolute Gasteiger partial charge is 0.392 e. The predicted octanol–water partition coefficient (Wildman–Crippen LogP) is 1.52. The van der Waals surface area contributed by atoms with Gasteiger partial charge in [-0.25, -0.2) is 0 Å². The van der Waals surface area contributed by atoms with Crippen LogP contribution >= 0.6 is 0 Å². The Balaban J connectivity index is 2.58. The van der Waals surface area contributed by atoms with Gasteiger partial charge in [-0.1, -0.05) is 12.8 Å². The van der Waals surface area contributed by atoms with E-state index >= 15 is 0 Å². The van der Waals surface area contributed by atoms with Crippen LogP contribution in [0.3, 0.4) is 0 Å². The monoisotopic (exact) mass is 196 g/mol. The van der Waals surface area contributed by atoms with Gasteiger partial charge < -0.3 is 5.11 Å². The lowest BCUT2D eigenvalue weighted by Gasteiger charge is -2.33. The maximum Gasteiger partial charge on any atom is 0.0871 e. The van der Waals surface area contributed by atoms with Crippen molar-refractivity contribution in [2.24, 2.45) is 0 Å². The molecule has 1 saturated carbocycles. The molecule has 0 amide bonds. The first-order valence-corrected chi connectivity index (χ1v) is 5.47. The Labute approximate surface area is 86.3 Å². The molecule has 3 nitrogen and oxygen atoms in total. The normalized spacial score (nSPS) is 22.2. The summed E-state index contributed by atoms with van der Waals surface area (Å²) in [5, 5.41) is 18.3. The Morgan fingerprint density at radius 1 is 1.43 bits per heavy atom. The highest BCUT2D eigenvalue weighted by Crippen LogP contribution is 2.25. The molecule has 0 spiro atoms. The maximum atomic E-state index is 9.53. The minimum Gasteiger partial charge on any atom is -0.392 e. The summed E-state index contributed by atoms with van der Waals surface area (Å²) in [6.45, 7) is 4.24. The van der Waals surface area contributed by atoms with E-state index in [1.54, 1.807) is 6.92 Å². The standard InChI is InChI=1S/C11H20N2O/c1-9(10(2)14)13(8-7-12)11-5-3-4-6-11/h9-11,14H,3-6,8H2,1-2H3. The highest BCUT2D eigenvalue weighted by atomic mass is 16.3. The van der Waals surface area contributed by atoms with Gasteiger partial charge in [0, 0.05) is 12.1 Å². The van der Waals surface area contributed by atoms with Gasteiger partial charge in [-0.2, -0.15) is 5.26 Å². The lowest BCUT2D eigenvalue weighted by atomic mass is 10.1. The lowest BCUT2D eigenvalue weighted by Crippen LogP contribution is -2.45. The van der Waals surface area contributed by atoms with E-state index in [1.165, 1.54) is 25.7 Å². The van der Waals surface area contributed by atoms with Crippen LogP contribution in [0, 0.1) is 11.3 Å². The summed E-state index contributed by atoms with van der Waals surface area (Å²) in [5.41, 5.74) is 0. The average Bonchev–Trinajstić information content (AvgIpc) is 2.65. The summed E-state index contributed by atoms with van der Waals surface area (Å²) in [7, 11) is 0. The second-order valence-electron chi connectivity index (χ2n) is 4.25. The zero-order valence-corrected chi connectivity index (χ0v) is 9.11. The summed E-state index contributed by atoms with van der Waals surface area (Å²) in [5.74, 6) is 0. The molecule has 1 aliphatic rings. The van der Waals surface area contributed by atoms with Crippen LogP contribution in [0.1, 0.15) is 39.5 Å². The van der Waals surface area contributed by atoms with E-state index in [-0.39, 0.29) is 12.1 Å². The molecule has 1 N–H and O–H groups in total. The fraction of sp³-hybridized carbons (Fsp3) is 0.909. The molecule has 0 aromatic heterocycles. The van der Waals surface area contributed by atoms with E-state index in [0.29, 0.717) is 12.6 Å². The maximum absolute atomic E-state index is 9.53. The van der Waals surface area contributed by atoms with Crippen LogP contribution in [0.4, 0.5) is 0 Å². The van der Waals surface area contributed by atoms with Crippen molar-refractivity contribution in [3.8, 4) is 6.07 Å². The third-order valence-corrected chi connectivity index (χ3v) is 3.27. The quantitative estimate of drug-likeness (QED) is 0.693. The molecule has 3 heteroatoms. The van der Waals surface area contributed by atoms with Crippen LogP contribution in [-0.4, -0.2) is 34.7 Å². The van der Waals surface area contributed by atoms with Crippen molar-refractivity contribution >= 4 is 0 Å². The Kier molecular flexibility index (Phi) is 4.37. The fourth-order valence-electron chi connectivity index (χ4n) is 2.20. The number of hydrogen-bond acceptors (Lipinski definition) is 3. The SMILES string of the molecule is CC(O)C(C)N(CC#N)C1CCCC1. The molecule has 0 aliphatic heterocycles. The molecule has 0 aromatic rings. The van der Waals surface area contributed by atoms with Gasteiger partial charge in [-0.05, 0) is 26.7 Å². The van der Waals surface area contributed by atoms with Crippen LogP contribution in [0.2, 0.25) is 0 Å². The van der Waals surface area contributed by atoms with Gasteiger partial charge >= 0.3 is 0 Å². The van der Waals surface area contributed by atoms with Crippen molar-refractivity contribution in [2.45, 2.75) is 57.7 Å². The van der Waals surface area contributed by atoms with E-state index in [4.69, 9.17) is 5.26 Å². The molecular weight excluding hydrogens is 176 g/mol. The summed E-state index contributed by atoms with van der Waals surface area (Å²) in [6, 6.07) is 2.80. The molecule has 0 bridgehead atoms. The van der Waals surface area contributed by atoms with E-state index in [1.807, 2.05) is 6.92 Å². The highest BCUT2D eigenvalue weighted by Gasteiger charge is 2.28. The smallest absolute Gasteiger partial charge is 0.0871 e. The molecule has 1 rings (SSSR count). The number of nitriles is 1. The second kappa shape index (κ2) is 5.33. The number of nitrogens with zero attached hydrogens (tertiary/aromatic N) is 2. The number of aliphatic hydroxyl groups excluding tert-OH is 1. The van der Waals surface area contributed by atoms with Crippen molar-refractivity contribution in [3.05, 3.63) is 0 Å². The summed E-state index contributed by atoms with van der Waals surface area (Å²) in [4.78, 5) is 2.15.